The molecule has 1 saturated heterocycles. The molecule has 9 heteroatoms. The summed E-state index contributed by atoms with van der Waals surface area (Å²) in [6, 6.07) is 1.63. The van der Waals surface area contributed by atoms with E-state index in [-0.39, 0.29) is 17.7 Å². The summed E-state index contributed by atoms with van der Waals surface area (Å²) in [5, 5.41) is 6.89. The van der Waals surface area contributed by atoms with E-state index in [2.05, 4.69) is 26.8 Å². The molecule has 0 aliphatic carbocycles. The summed E-state index contributed by atoms with van der Waals surface area (Å²) in [7, 11) is 1.99. The highest BCUT2D eigenvalue weighted by molar-refractivity contribution is 5.90. The van der Waals surface area contributed by atoms with E-state index in [0.29, 0.717) is 5.82 Å². The minimum atomic E-state index is -0.517. The molecule has 1 aliphatic heterocycles. The number of imidazole rings is 1. The zero-order valence-corrected chi connectivity index (χ0v) is 15.2. The van der Waals surface area contributed by atoms with Crippen LogP contribution >= 0.6 is 0 Å². The van der Waals surface area contributed by atoms with Crippen molar-refractivity contribution in [1.82, 2.24) is 24.4 Å². The molecule has 1 unspecified atom stereocenters. The highest BCUT2D eigenvalue weighted by Gasteiger charge is 2.41. The lowest BCUT2D eigenvalue weighted by atomic mass is 9.97. The fourth-order valence-electron chi connectivity index (χ4n) is 3.19. The van der Waals surface area contributed by atoms with Crippen LogP contribution in [0.2, 0.25) is 0 Å². The molecule has 0 radical (unpaired) electrons. The average molecular weight is 360 g/mol. The highest BCUT2D eigenvalue weighted by atomic mass is 16.3. The fourth-order valence-corrected chi connectivity index (χ4v) is 3.19. The first-order valence-electron chi connectivity index (χ1n) is 8.26. The van der Waals surface area contributed by atoms with Crippen molar-refractivity contribution in [3.8, 4) is 0 Å². The number of nitrogens with two attached hydrogens (primary N) is 1. The van der Waals surface area contributed by atoms with Crippen molar-refractivity contribution in [1.29, 1.82) is 0 Å². The zero-order valence-electron chi connectivity index (χ0n) is 15.2. The number of aryl methyl sites for hydroxylation is 2. The Bertz CT molecular complexity index is 791. The standard InChI is InChI=1S/C16H22N6O.CH2O2/c1-11-7-13(14(17)23)20-15(19-11)16(2)5-4-6-22(16)9-12-8-18-10-21(12)3;2-1-3/h7-8,10H,4-6,9H2,1-3H3,(H2,17,23);1H,(H,2,3). The summed E-state index contributed by atoms with van der Waals surface area (Å²) in [6.07, 6.45) is 5.70. The monoisotopic (exact) mass is 360 g/mol. The van der Waals surface area contributed by atoms with Crippen molar-refractivity contribution in [2.75, 3.05) is 6.54 Å². The molecule has 1 aliphatic rings. The number of likely N-dealkylation sites (tertiary alicyclic amines) is 1. The maximum Gasteiger partial charge on any atom is 0.290 e. The molecule has 26 heavy (non-hydrogen) atoms. The maximum absolute atomic E-state index is 11.5. The first-order valence-corrected chi connectivity index (χ1v) is 8.26. The van der Waals surface area contributed by atoms with Crippen molar-refractivity contribution < 1.29 is 14.7 Å². The Hall–Kier alpha value is -2.81. The van der Waals surface area contributed by atoms with Gasteiger partial charge < -0.3 is 15.4 Å². The smallest absolute Gasteiger partial charge is 0.290 e. The number of carboxylic acid groups (broad SMARTS) is 1. The van der Waals surface area contributed by atoms with Gasteiger partial charge in [0.1, 0.15) is 11.5 Å². The predicted molar refractivity (Wildman–Crippen MR) is 94.2 cm³/mol. The maximum atomic E-state index is 11.5. The van der Waals surface area contributed by atoms with Gasteiger partial charge in [-0.05, 0) is 39.3 Å². The van der Waals surface area contributed by atoms with Gasteiger partial charge in [-0.3, -0.25) is 14.5 Å². The first-order chi connectivity index (χ1) is 12.3. The van der Waals surface area contributed by atoms with Crippen molar-refractivity contribution in [2.24, 2.45) is 12.8 Å². The minimum Gasteiger partial charge on any atom is -0.483 e. The second-order valence-corrected chi connectivity index (χ2v) is 6.48. The minimum absolute atomic E-state index is 0.250. The molecular formula is C17H24N6O3. The van der Waals surface area contributed by atoms with Crippen LogP contribution in [0.1, 0.15) is 47.5 Å². The van der Waals surface area contributed by atoms with E-state index in [1.807, 2.05) is 24.7 Å². The van der Waals surface area contributed by atoms with Crippen LogP contribution in [0.4, 0.5) is 0 Å². The van der Waals surface area contributed by atoms with Gasteiger partial charge in [0.15, 0.2) is 0 Å². The molecule has 0 spiro atoms. The second kappa shape index (κ2) is 8.05. The van der Waals surface area contributed by atoms with Crippen LogP contribution in [0.5, 0.6) is 0 Å². The third kappa shape index (κ3) is 4.05. The molecule has 1 atom stereocenters. The molecule has 3 heterocycles. The van der Waals surface area contributed by atoms with Crippen LogP contribution < -0.4 is 5.73 Å². The van der Waals surface area contributed by atoms with E-state index < -0.39 is 5.91 Å². The molecule has 0 saturated carbocycles. The average Bonchev–Trinajstić information content (AvgIpc) is 3.15. The molecule has 2 aromatic heterocycles. The third-order valence-electron chi connectivity index (χ3n) is 4.65. The summed E-state index contributed by atoms with van der Waals surface area (Å²) in [4.78, 5) is 35.4. The Balaban J connectivity index is 0.000000758. The van der Waals surface area contributed by atoms with Gasteiger partial charge in [-0.2, -0.15) is 0 Å². The summed E-state index contributed by atoms with van der Waals surface area (Å²) in [5.74, 6) is 0.155. The van der Waals surface area contributed by atoms with Crippen molar-refractivity contribution in [3.05, 3.63) is 41.5 Å². The molecule has 0 aromatic carbocycles. The van der Waals surface area contributed by atoms with E-state index in [9.17, 15) is 4.79 Å². The summed E-state index contributed by atoms with van der Waals surface area (Å²) in [5.41, 5.74) is 7.28. The van der Waals surface area contributed by atoms with Crippen LogP contribution in [0.3, 0.4) is 0 Å². The summed E-state index contributed by atoms with van der Waals surface area (Å²) in [6.45, 7) is 5.48. The molecule has 140 valence electrons. The molecule has 9 nitrogen and oxygen atoms in total. The Morgan fingerprint density at radius 3 is 2.73 bits per heavy atom. The number of primary amides is 1. The molecule has 1 fully saturated rings. The SMILES string of the molecule is Cc1cc(C(N)=O)nc(C2(C)CCCN2Cc2cncn2C)n1.O=CO. The van der Waals surface area contributed by atoms with Crippen LogP contribution in [0.25, 0.3) is 0 Å². The Kier molecular flexibility index (Phi) is 6.04. The van der Waals surface area contributed by atoms with Gasteiger partial charge in [0, 0.05) is 25.5 Å². The van der Waals surface area contributed by atoms with Crippen LogP contribution in [-0.4, -0.2) is 48.4 Å². The normalized spacial score (nSPS) is 19.7. The van der Waals surface area contributed by atoms with Crippen molar-refractivity contribution >= 4 is 12.4 Å². The lowest BCUT2D eigenvalue weighted by molar-refractivity contribution is -0.122. The number of hydrogen-bond donors (Lipinski definition) is 2. The van der Waals surface area contributed by atoms with Crippen LogP contribution in [0, 0.1) is 6.92 Å². The third-order valence-corrected chi connectivity index (χ3v) is 4.65. The predicted octanol–water partition coefficient (Wildman–Crippen LogP) is 0.829. The first kappa shape index (κ1) is 19.5. The van der Waals surface area contributed by atoms with E-state index in [0.717, 1.165) is 37.3 Å². The highest BCUT2D eigenvalue weighted by Crippen LogP contribution is 2.37. The largest absolute Gasteiger partial charge is 0.483 e. The number of hydrogen-bond acceptors (Lipinski definition) is 6. The van der Waals surface area contributed by atoms with Gasteiger partial charge >= 0.3 is 0 Å². The lowest BCUT2D eigenvalue weighted by Crippen LogP contribution is -2.40. The van der Waals surface area contributed by atoms with Gasteiger partial charge in [-0.15, -0.1) is 0 Å². The van der Waals surface area contributed by atoms with E-state index in [4.69, 9.17) is 15.6 Å². The molecule has 3 N–H and O–H groups in total. The Morgan fingerprint density at radius 2 is 2.15 bits per heavy atom. The second-order valence-electron chi connectivity index (χ2n) is 6.48. The number of aromatic nitrogens is 4. The van der Waals surface area contributed by atoms with Crippen LogP contribution in [0.15, 0.2) is 18.6 Å². The van der Waals surface area contributed by atoms with E-state index in [1.54, 1.807) is 12.4 Å². The molecule has 3 rings (SSSR count). The molecule has 2 aromatic rings. The molecule has 1 amide bonds. The van der Waals surface area contributed by atoms with E-state index in [1.165, 1.54) is 0 Å². The molecular weight excluding hydrogens is 336 g/mol. The summed E-state index contributed by atoms with van der Waals surface area (Å²) >= 11 is 0. The summed E-state index contributed by atoms with van der Waals surface area (Å²) < 4.78 is 2.02. The topological polar surface area (TPSA) is 127 Å². The number of amides is 1. The molecule has 0 bridgehead atoms. The van der Waals surface area contributed by atoms with Crippen LogP contribution in [-0.2, 0) is 23.9 Å². The number of carbonyl (C=O) groups is 2. The van der Waals surface area contributed by atoms with Gasteiger partial charge in [-0.25, -0.2) is 15.0 Å². The number of rotatable bonds is 4. The van der Waals surface area contributed by atoms with Gasteiger partial charge in [0.05, 0.1) is 17.6 Å². The number of nitrogens with zero attached hydrogens (tertiary/aromatic N) is 5. The van der Waals surface area contributed by atoms with E-state index >= 15 is 0 Å². The zero-order chi connectivity index (χ0) is 19.3. The number of carbonyl (C=O) groups excluding carboxylic acids is 1. The lowest BCUT2D eigenvalue weighted by Gasteiger charge is -2.34. The van der Waals surface area contributed by atoms with Gasteiger partial charge in [0.2, 0.25) is 0 Å². The Morgan fingerprint density at radius 1 is 1.46 bits per heavy atom. The van der Waals surface area contributed by atoms with Gasteiger partial charge in [0.25, 0.3) is 12.4 Å². The van der Waals surface area contributed by atoms with Crippen molar-refractivity contribution in [3.63, 3.8) is 0 Å². The fraction of sp³-hybridized carbons (Fsp3) is 0.471. The quantitative estimate of drug-likeness (QED) is 0.773. The Labute approximate surface area is 151 Å². The van der Waals surface area contributed by atoms with Gasteiger partial charge in [-0.1, -0.05) is 0 Å². The van der Waals surface area contributed by atoms with Crippen molar-refractivity contribution in [2.45, 2.75) is 38.8 Å².